The average molecular weight is 398 g/mol. The van der Waals surface area contributed by atoms with E-state index in [0.717, 1.165) is 0 Å². The van der Waals surface area contributed by atoms with Gasteiger partial charge in [-0.25, -0.2) is 4.98 Å². The number of aromatic nitrogens is 1. The Morgan fingerprint density at radius 1 is 1.15 bits per heavy atom. The zero-order valence-corrected chi connectivity index (χ0v) is 16.1. The van der Waals surface area contributed by atoms with Crippen molar-refractivity contribution in [1.82, 2.24) is 9.88 Å². The van der Waals surface area contributed by atoms with Gasteiger partial charge in [-0.05, 0) is 24.3 Å². The van der Waals surface area contributed by atoms with Crippen LogP contribution in [0.3, 0.4) is 0 Å². The molecule has 0 spiro atoms. The largest absolute Gasteiger partial charge is 0.383 e. The number of halogens is 1. The van der Waals surface area contributed by atoms with Crippen molar-refractivity contribution in [3.8, 4) is 0 Å². The Morgan fingerprint density at radius 2 is 1.77 bits per heavy atom. The number of amides is 2. The number of nitrogens with zero attached hydrogens (tertiary/aromatic N) is 2. The second-order valence-corrected chi connectivity index (χ2v) is 6.57. The normalized spacial score (nSPS) is 10.6. The molecule has 1 N–H and O–H groups in total. The van der Waals surface area contributed by atoms with Gasteiger partial charge >= 0.3 is 0 Å². The van der Waals surface area contributed by atoms with Crippen molar-refractivity contribution in [3.05, 3.63) is 45.9 Å². The van der Waals surface area contributed by atoms with Gasteiger partial charge in [0.1, 0.15) is 5.69 Å². The van der Waals surface area contributed by atoms with E-state index in [1.54, 1.807) is 48.8 Å². The lowest BCUT2D eigenvalue weighted by molar-refractivity contribution is 0.0622. The number of hydrogen-bond acceptors (Lipinski definition) is 6. The Labute approximate surface area is 160 Å². The van der Waals surface area contributed by atoms with Gasteiger partial charge in [0.05, 0.1) is 13.2 Å². The van der Waals surface area contributed by atoms with Crippen LogP contribution < -0.4 is 5.32 Å². The van der Waals surface area contributed by atoms with Crippen molar-refractivity contribution in [2.75, 3.05) is 45.8 Å². The number of carbonyl (C=O) groups excluding carboxylic acids is 2. The minimum atomic E-state index is -0.314. The number of ether oxygens (including phenoxy) is 2. The number of carbonyl (C=O) groups is 2. The first kappa shape index (κ1) is 20.3. The summed E-state index contributed by atoms with van der Waals surface area (Å²) in [7, 11) is 3.15. The maximum atomic E-state index is 12.6. The molecule has 0 saturated heterocycles. The summed E-state index contributed by atoms with van der Waals surface area (Å²) >= 11 is 7.00. The molecule has 140 valence electrons. The third-order valence-corrected chi connectivity index (χ3v) is 4.48. The van der Waals surface area contributed by atoms with Gasteiger partial charge in [0.2, 0.25) is 0 Å². The second kappa shape index (κ2) is 10.2. The Kier molecular flexibility index (Phi) is 7.99. The predicted molar refractivity (Wildman–Crippen MR) is 101 cm³/mol. The van der Waals surface area contributed by atoms with Gasteiger partial charge in [-0.15, -0.1) is 11.3 Å². The van der Waals surface area contributed by atoms with E-state index in [1.807, 2.05) is 0 Å². The highest BCUT2D eigenvalue weighted by Crippen LogP contribution is 2.18. The average Bonchev–Trinajstić information content (AvgIpc) is 3.10. The second-order valence-electron chi connectivity index (χ2n) is 5.28. The first-order valence-corrected chi connectivity index (χ1v) is 9.10. The summed E-state index contributed by atoms with van der Waals surface area (Å²) in [5.74, 6) is -0.548. The highest BCUT2D eigenvalue weighted by Gasteiger charge is 2.19. The van der Waals surface area contributed by atoms with E-state index in [4.69, 9.17) is 21.1 Å². The fraction of sp³-hybridized carbons (Fsp3) is 0.353. The van der Waals surface area contributed by atoms with Crippen LogP contribution in [-0.4, -0.2) is 62.2 Å². The molecule has 0 aliphatic carbocycles. The lowest BCUT2D eigenvalue weighted by Crippen LogP contribution is -2.36. The topological polar surface area (TPSA) is 80.8 Å². The highest BCUT2D eigenvalue weighted by atomic mass is 35.5. The number of methoxy groups -OCH3 is 2. The molecule has 1 aromatic heterocycles. The quantitative estimate of drug-likeness (QED) is 0.703. The molecule has 1 heterocycles. The zero-order valence-electron chi connectivity index (χ0n) is 14.5. The van der Waals surface area contributed by atoms with E-state index in [1.165, 1.54) is 11.3 Å². The Morgan fingerprint density at radius 3 is 2.35 bits per heavy atom. The molecule has 0 fully saturated rings. The molecular formula is C17H20ClN3O4S. The summed E-state index contributed by atoms with van der Waals surface area (Å²) in [4.78, 5) is 30.6. The fourth-order valence-corrected chi connectivity index (χ4v) is 2.89. The van der Waals surface area contributed by atoms with Gasteiger partial charge in [-0.1, -0.05) is 11.6 Å². The van der Waals surface area contributed by atoms with E-state index in [2.05, 4.69) is 10.3 Å². The van der Waals surface area contributed by atoms with Gasteiger partial charge < -0.3 is 14.4 Å². The van der Waals surface area contributed by atoms with Crippen LogP contribution in [0.4, 0.5) is 5.13 Å². The molecule has 0 aliphatic rings. The van der Waals surface area contributed by atoms with E-state index >= 15 is 0 Å². The first-order valence-electron chi connectivity index (χ1n) is 7.84. The summed E-state index contributed by atoms with van der Waals surface area (Å²) in [6.45, 7) is 1.70. The summed E-state index contributed by atoms with van der Waals surface area (Å²) in [6, 6.07) is 6.51. The smallest absolute Gasteiger partial charge is 0.273 e. The van der Waals surface area contributed by atoms with Crippen LogP contribution >= 0.6 is 22.9 Å². The van der Waals surface area contributed by atoms with Gasteiger partial charge in [0.25, 0.3) is 11.8 Å². The summed E-state index contributed by atoms with van der Waals surface area (Å²) in [5, 5.41) is 5.21. The molecule has 0 aliphatic heterocycles. The third kappa shape index (κ3) is 5.77. The molecule has 2 rings (SSSR count). The number of hydrogen-bond donors (Lipinski definition) is 1. The van der Waals surface area contributed by atoms with Crippen molar-refractivity contribution in [2.45, 2.75) is 0 Å². The Balaban J connectivity index is 2.03. The minimum absolute atomic E-state index is 0.234. The molecule has 0 bridgehead atoms. The molecule has 9 heteroatoms. The Bertz CT molecular complexity index is 728. The van der Waals surface area contributed by atoms with Gasteiger partial charge in [0, 0.05) is 43.3 Å². The molecular weight excluding hydrogens is 378 g/mol. The summed E-state index contributed by atoms with van der Waals surface area (Å²) in [6.07, 6.45) is 0. The van der Waals surface area contributed by atoms with Crippen LogP contribution in [0.15, 0.2) is 29.6 Å². The number of thiazole rings is 1. The van der Waals surface area contributed by atoms with Crippen LogP contribution in [0, 0.1) is 0 Å². The summed E-state index contributed by atoms with van der Waals surface area (Å²) in [5.41, 5.74) is 0.730. The standard InChI is InChI=1S/C17H20ClN3O4S/c1-24-9-7-21(8-10-25-2)16(23)14-11-26-17(19-14)20-15(22)12-3-5-13(18)6-4-12/h3-6,11H,7-10H2,1-2H3,(H,19,20,22). The first-order chi connectivity index (χ1) is 12.5. The molecule has 0 unspecified atom stereocenters. The van der Waals surface area contributed by atoms with Gasteiger partial charge in [-0.3, -0.25) is 14.9 Å². The van der Waals surface area contributed by atoms with Crippen molar-refractivity contribution in [2.24, 2.45) is 0 Å². The number of nitrogens with one attached hydrogen (secondary N) is 1. The van der Waals surface area contributed by atoms with Crippen molar-refractivity contribution in [1.29, 1.82) is 0 Å². The highest BCUT2D eigenvalue weighted by molar-refractivity contribution is 7.14. The van der Waals surface area contributed by atoms with Crippen LogP contribution in [0.2, 0.25) is 5.02 Å². The molecule has 2 aromatic rings. The third-order valence-electron chi connectivity index (χ3n) is 3.47. The molecule has 2 amide bonds. The number of benzene rings is 1. The summed E-state index contributed by atoms with van der Waals surface area (Å²) < 4.78 is 10.1. The maximum absolute atomic E-state index is 12.6. The maximum Gasteiger partial charge on any atom is 0.273 e. The van der Waals surface area contributed by atoms with Crippen LogP contribution in [0.25, 0.3) is 0 Å². The van der Waals surface area contributed by atoms with Gasteiger partial charge in [0.15, 0.2) is 5.13 Å². The monoisotopic (exact) mass is 397 g/mol. The van der Waals surface area contributed by atoms with E-state index in [-0.39, 0.29) is 17.5 Å². The lowest BCUT2D eigenvalue weighted by Gasteiger charge is -2.20. The number of anilines is 1. The molecule has 7 nitrogen and oxygen atoms in total. The van der Waals surface area contributed by atoms with Crippen molar-refractivity contribution < 1.29 is 19.1 Å². The minimum Gasteiger partial charge on any atom is -0.383 e. The molecule has 26 heavy (non-hydrogen) atoms. The fourth-order valence-electron chi connectivity index (χ4n) is 2.08. The SMILES string of the molecule is COCCN(CCOC)C(=O)c1csc(NC(=O)c2ccc(Cl)cc2)n1. The molecule has 0 saturated carbocycles. The van der Waals surface area contributed by atoms with Gasteiger partial charge in [-0.2, -0.15) is 0 Å². The number of rotatable bonds is 9. The molecule has 0 radical (unpaired) electrons. The Hall–Kier alpha value is -2.00. The molecule has 0 atom stereocenters. The van der Waals surface area contributed by atoms with Crippen LogP contribution in [-0.2, 0) is 9.47 Å². The van der Waals surface area contributed by atoms with Crippen LogP contribution in [0.1, 0.15) is 20.8 Å². The molecule has 1 aromatic carbocycles. The zero-order chi connectivity index (χ0) is 18.9. The van der Waals surface area contributed by atoms with E-state index in [0.29, 0.717) is 42.0 Å². The van der Waals surface area contributed by atoms with Crippen LogP contribution in [0.5, 0.6) is 0 Å². The van der Waals surface area contributed by atoms with Crippen molar-refractivity contribution in [3.63, 3.8) is 0 Å². The van der Waals surface area contributed by atoms with Crippen molar-refractivity contribution >= 4 is 39.9 Å². The lowest BCUT2D eigenvalue weighted by atomic mass is 10.2. The van der Waals surface area contributed by atoms with E-state index in [9.17, 15) is 9.59 Å². The predicted octanol–water partition coefficient (Wildman–Crippen LogP) is 2.78. The van der Waals surface area contributed by atoms with E-state index < -0.39 is 0 Å².